The van der Waals surface area contributed by atoms with Crippen LogP contribution in [-0.2, 0) is 13.0 Å². The van der Waals surface area contributed by atoms with E-state index in [1.165, 1.54) is 4.68 Å². The number of benzene rings is 2. The van der Waals surface area contributed by atoms with Crippen LogP contribution in [0.1, 0.15) is 24.0 Å². The van der Waals surface area contributed by atoms with Crippen LogP contribution < -0.4 is 5.56 Å². The smallest absolute Gasteiger partial charge is 0.265 e. The van der Waals surface area contributed by atoms with E-state index in [-0.39, 0.29) is 5.56 Å². The summed E-state index contributed by atoms with van der Waals surface area (Å²) in [6.45, 7) is 4.36. The molecule has 148 valence electrons. The number of aromatic nitrogens is 5. The first-order valence-corrected chi connectivity index (χ1v) is 10.0. The molecule has 2 aromatic carbocycles. The zero-order chi connectivity index (χ0) is 20.7. The maximum absolute atomic E-state index is 13.3. The third kappa shape index (κ3) is 2.97. The molecule has 0 saturated heterocycles. The van der Waals surface area contributed by atoms with Crippen LogP contribution in [0.15, 0.2) is 71.5 Å². The van der Waals surface area contributed by atoms with Crippen LogP contribution >= 0.6 is 0 Å². The molecule has 0 radical (unpaired) electrons. The summed E-state index contributed by atoms with van der Waals surface area (Å²) >= 11 is 0. The van der Waals surface area contributed by atoms with Crippen LogP contribution in [0, 0.1) is 6.92 Å². The molecule has 0 amide bonds. The predicted molar refractivity (Wildman–Crippen MR) is 118 cm³/mol. The van der Waals surface area contributed by atoms with Crippen molar-refractivity contribution < 1.29 is 0 Å². The first kappa shape index (κ1) is 18.2. The number of rotatable bonds is 4. The van der Waals surface area contributed by atoms with Crippen molar-refractivity contribution in [3.8, 4) is 11.3 Å². The molecule has 0 atom stereocenters. The van der Waals surface area contributed by atoms with Crippen molar-refractivity contribution >= 4 is 16.4 Å². The highest BCUT2D eigenvalue weighted by Gasteiger charge is 2.18. The molecule has 5 aromatic rings. The maximum Gasteiger partial charge on any atom is 0.293 e. The lowest BCUT2D eigenvalue weighted by Gasteiger charge is -2.11. The lowest BCUT2D eigenvalue weighted by Crippen LogP contribution is -2.26. The SMILES string of the molecule is CCc1nc2c(=O)n(Cc3ccccc3)nc(C)c2c2cc(-c3ccccc3)nn12. The van der Waals surface area contributed by atoms with Crippen LogP contribution in [-0.4, -0.2) is 24.4 Å². The minimum absolute atomic E-state index is 0.181. The molecule has 0 spiro atoms. The highest BCUT2D eigenvalue weighted by molar-refractivity contribution is 5.96. The Morgan fingerprint density at radius 3 is 2.33 bits per heavy atom. The molecule has 3 heterocycles. The Hall–Kier alpha value is -3.80. The van der Waals surface area contributed by atoms with Crippen LogP contribution in [0.2, 0.25) is 0 Å². The van der Waals surface area contributed by atoms with Crippen molar-refractivity contribution in [3.05, 3.63) is 94.2 Å². The Bertz CT molecular complexity index is 1420. The van der Waals surface area contributed by atoms with Crippen molar-refractivity contribution in [2.75, 3.05) is 0 Å². The number of fused-ring (bicyclic) bond motifs is 3. The van der Waals surface area contributed by atoms with Crippen molar-refractivity contribution in [3.63, 3.8) is 0 Å². The van der Waals surface area contributed by atoms with E-state index in [1.807, 2.05) is 85.1 Å². The molecule has 0 bridgehead atoms. The van der Waals surface area contributed by atoms with Crippen LogP contribution in [0.4, 0.5) is 0 Å². The number of hydrogen-bond acceptors (Lipinski definition) is 4. The highest BCUT2D eigenvalue weighted by Crippen LogP contribution is 2.26. The molecule has 0 aliphatic heterocycles. The fraction of sp³-hybridized carbons (Fsp3) is 0.167. The van der Waals surface area contributed by atoms with Crippen molar-refractivity contribution in [1.29, 1.82) is 0 Å². The van der Waals surface area contributed by atoms with E-state index in [1.54, 1.807) is 0 Å². The molecule has 0 fully saturated rings. The van der Waals surface area contributed by atoms with Crippen LogP contribution in [0.25, 0.3) is 27.7 Å². The van der Waals surface area contributed by atoms with Gasteiger partial charge in [-0.05, 0) is 18.6 Å². The lowest BCUT2D eigenvalue weighted by atomic mass is 10.1. The minimum Gasteiger partial charge on any atom is -0.265 e. The average Bonchev–Trinajstić information content (AvgIpc) is 3.23. The molecular formula is C24H21N5O. The second-order valence-corrected chi connectivity index (χ2v) is 7.33. The molecule has 30 heavy (non-hydrogen) atoms. The second kappa shape index (κ2) is 7.22. The van der Waals surface area contributed by atoms with Gasteiger partial charge in [0, 0.05) is 12.0 Å². The Labute approximate surface area is 173 Å². The van der Waals surface area contributed by atoms with E-state index >= 15 is 0 Å². The van der Waals surface area contributed by atoms with Gasteiger partial charge < -0.3 is 0 Å². The van der Waals surface area contributed by atoms with Crippen molar-refractivity contribution in [1.82, 2.24) is 24.4 Å². The van der Waals surface area contributed by atoms with Gasteiger partial charge in [-0.15, -0.1) is 0 Å². The molecular weight excluding hydrogens is 374 g/mol. The van der Waals surface area contributed by atoms with Gasteiger partial charge in [-0.2, -0.15) is 10.2 Å². The summed E-state index contributed by atoms with van der Waals surface area (Å²) in [7, 11) is 0. The highest BCUT2D eigenvalue weighted by atomic mass is 16.1. The van der Waals surface area contributed by atoms with Crippen LogP contribution in [0.5, 0.6) is 0 Å². The summed E-state index contributed by atoms with van der Waals surface area (Å²) in [5, 5.41) is 10.1. The summed E-state index contributed by atoms with van der Waals surface area (Å²) in [6.07, 6.45) is 0.668. The largest absolute Gasteiger partial charge is 0.293 e. The van der Waals surface area contributed by atoms with Gasteiger partial charge in [0.05, 0.1) is 28.8 Å². The van der Waals surface area contributed by atoms with Gasteiger partial charge in [-0.3, -0.25) is 4.79 Å². The van der Waals surface area contributed by atoms with Gasteiger partial charge in [0.25, 0.3) is 5.56 Å². The monoisotopic (exact) mass is 395 g/mol. The summed E-state index contributed by atoms with van der Waals surface area (Å²) in [6, 6.07) is 21.9. The van der Waals surface area contributed by atoms with Gasteiger partial charge in [0.2, 0.25) is 0 Å². The average molecular weight is 395 g/mol. The first-order chi connectivity index (χ1) is 14.7. The third-order valence-corrected chi connectivity index (χ3v) is 5.32. The molecule has 6 nitrogen and oxygen atoms in total. The van der Waals surface area contributed by atoms with Crippen LogP contribution in [0.3, 0.4) is 0 Å². The zero-order valence-electron chi connectivity index (χ0n) is 16.9. The Morgan fingerprint density at radius 1 is 0.933 bits per heavy atom. The molecule has 0 N–H and O–H groups in total. The van der Waals surface area contributed by atoms with Crippen molar-refractivity contribution in [2.24, 2.45) is 0 Å². The first-order valence-electron chi connectivity index (χ1n) is 10.0. The number of nitrogens with zero attached hydrogens (tertiary/aromatic N) is 5. The Morgan fingerprint density at radius 2 is 1.63 bits per heavy atom. The lowest BCUT2D eigenvalue weighted by molar-refractivity contribution is 0.635. The Balaban J connectivity index is 1.77. The maximum atomic E-state index is 13.3. The summed E-state index contributed by atoms with van der Waals surface area (Å²) in [4.78, 5) is 18.0. The van der Waals surface area contributed by atoms with E-state index in [0.717, 1.165) is 39.2 Å². The van der Waals surface area contributed by atoms with Crippen molar-refractivity contribution in [2.45, 2.75) is 26.8 Å². The van der Waals surface area contributed by atoms with E-state index in [4.69, 9.17) is 10.1 Å². The number of aryl methyl sites for hydroxylation is 2. The minimum atomic E-state index is -0.181. The topological polar surface area (TPSA) is 65.1 Å². The molecule has 0 aliphatic carbocycles. The van der Waals surface area contributed by atoms with E-state index in [9.17, 15) is 4.79 Å². The fourth-order valence-electron chi connectivity index (χ4n) is 3.86. The Kier molecular flexibility index (Phi) is 4.39. The summed E-state index contributed by atoms with van der Waals surface area (Å²) in [5.74, 6) is 0.758. The predicted octanol–water partition coefficient (Wildman–Crippen LogP) is 4.03. The standard InChI is InChI=1S/C24H21N5O/c1-3-21-25-23-22(20-14-19(27-29(20)21)18-12-8-5-9-13-18)16(2)26-28(24(23)30)15-17-10-6-4-7-11-17/h4-14H,3,15H2,1-2H3. The summed E-state index contributed by atoms with van der Waals surface area (Å²) < 4.78 is 3.35. The van der Waals surface area contributed by atoms with E-state index in [0.29, 0.717) is 18.5 Å². The van der Waals surface area contributed by atoms with Gasteiger partial charge in [0.1, 0.15) is 11.3 Å². The van der Waals surface area contributed by atoms with Gasteiger partial charge in [-0.1, -0.05) is 67.6 Å². The molecule has 0 aliphatic rings. The van der Waals surface area contributed by atoms with E-state index in [2.05, 4.69) is 5.10 Å². The van der Waals surface area contributed by atoms with Gasteiger partial charge in [0.15, 0.2) is 0 Å². The normalized spacial score (nSPS) is 11.4. The molecule has 0 saturated carbocycles. The molecule has 3 aromatic heterocycles. The quantitative estimate of drug-likeness (QED) is 0.461. The fourth-order valence-corrected chi connectivity index (χ4v) is 3.86. The van der Waals surface area contributed by atoms with E-state index < -0.39 is 0 Å². The molecule has 6 heteroatoms. The van der Waals surface area contributed by atoms with Gasteiger partial charge in [-0.25, -0.2) is 14.2 Å². The molecule has 0 unspecified atom stereocenters. The summed E-state index contributed by atoms with van der Waals surface area (Å²) in [5.41, 5.74) is 4.80. The molecule has 5 rings (SSSR count). The second-order valence-electron chi connectivity index (χ2n) is 7.33. The van der Waals surface area contributed by atoms with Gasteiger partial charge >= 0.3 is 0 Å². The number of hydrogen-bond donors (Lipinski definition) is 0. The third-order valence-electron chi connectivity index (χ3n) is 5.32. The zero-order valence-corrected chi connectivity index (χ0v) is 16.9.